The van der Waals surface area contributed by atoms with Gasteiger partial charge in [0.15, 0.2) is 0 Å². The molecule has 2 N–H and O–H groups in total. The normalized spacial score (nSPS) is 17.8. The minimum Gasteiger partial charge on any atom is -0.349 e. The van der Waals surface area contributed by atoms with E-state index < -0.39 is 11.2 Å². The zero-order valence-corrected chi connectivity index (χ0v) is 13.4. The van der Waals surface area contributed by atoms with Gasteiger partial charge in [-0.05, 0) is 25.2 Å². The molecule has 2 rings (SSSR count). The molecule has 0 radical (unpaired) electrons. The fraction of sp³-hybridized carbons (Fsp3) is 0.600. The standard InChI is InChI=1S/C15H22N4O4/c1-18(2)13(21)6-5-10-4-3-7-19(9-10)14(22)11-8-12(20)17-15(23)16-11/h8,10H,3-7,9H2,1-2H3,(H2,16,17,20,23)/t10-/m0/s1. The van der Waals surface area contributed by atoms with Crippen molar-refractivity contribution in [1.82, 2.24) is 19.8 Å². The van der Waals surface area contributed by atoms with Crippen molar-refractivity contribution in [2.24, 2.45) is 5.92 Å². The number of H-pyrrole nitrogens is 2. The third-order valence-corrected chi connectivity index (χ3v) is 4.06. The lowest BCUT2D eigenvalue weighted by atomic mass is 9.93. The summed E-state index contributed by atoms with van der Waals surface area (Å²) in [4.78, 5) is 54.3. The first kappa shape index (κ1) is 17.0. The molecule has 1 atom stereocenters. The van der Waals surface area contributed by atoms with Crippen LogP contribution in [0.15, 0.2) is 15.7 Å². The number of hydrogen-bond donors (Lipinski definition) is 2. The summed E-state index contributed by atoms with van der Waals surface area (Å²) in [6.45, 7) is 1.13. The van der Waals surface area contributed by atoms with Crippen LogP contribution in [0.4, 0.5) is 0 Å². The number of carbonyl (C=O) groups excluding carboxylic acids is 2. The van der Waals surface area contributed by atoms with Gasteiger partial charge < -0.3 is 14.8 Å². The minimum absolute atomic E-state index is 0.00349. The van der Waals surface area contributed by atoms with E-state index in [9.17, 15) is 19.2 Å². The summed E-state index contributed by atoms with van der Waals surface area (Å²) in [7, 11) is 3.45. The van der Waals surface area contributed by atoms with E-state index in [0.717, 1.165) is 25.3 Å². The van der Waals surface area contributed by atoms with E-state index in [4.69, 9.17) is 0 Å². The Labute approximate surface area is 133 Å². The topological polar surface area (TPSA) is 106 Å². The van der Waals surface area contributed by atoms with Crippen LogP contribution in [0.5, 0.6) is 0 Å². The second kappa shape index (κ2) is 7.26. The molecule has 1 aliphatic rings. The van der Waals surface area contributed by atoms with Gasteiger partial charge in [0.05, 0.1) is 0 Å². The van der Waals surface area contributed by atoms with Crippen LogP contribution in [0.25, 0.3) is 0 Å². The summed E-state index contributed by atoms with van der Waals surface area (Å²) in [5.41, 5.74) is -1.28. The molecule has 0 aromatic carbocycles. The number of amides is 2. The number of piperidine rings is 1. The second-order valence-electron chi connectivity index (χ2n) is 6.09. The highest BCUT2D eigenvalue weighted by molar-refractivity contribution is 5.92. The third kappa shape index (κ3) is 4.54. The summed E-state index contributed by atoms with van der Waals surface area (Å²) in [6, 6.07) is 1.10. The highest BCUT2D eigenvalue weighted by atomic mass is 16.2. The van der Waals surface area contributed by atoms with E-state index in [1.54, 1.807) is 23.9 Å². The van der Waals surface area contributed by atoms with Crippen molar-refractivity contribution in [2.75, 3.05) is 27.2 Å². The van der Waals surface area contributed by atoms with Crippen molar-refractivity contribution in [3.05, 3.63) is 32.6 Å². The van der Waals surface area contributed by atoms with Gasteiger partial charge in [-0.1, -0.05) is 0 Å². The molecule has 1 aromatic heterocycles. The Balaban J connectivity index is 2.00. The van der Waals surface area contributed by atoms with E-state index in [1.807, 2.05) is 4.98 Å². The first-order valence-corrected chi connectivity index (χ1v) is 7.70. The van der Waals surface area contributed by atoms with E-state index in [0.29, 0.717) is 19.5 Å². The van der Waals surface area contributed by atoms with E-state index in [2.05, 4.69) is 4.98 Å². The number of nitrogens with one attached hydrogen (secondary N) is 2. The summed E-state index contributed by atoms with van der Waals surface area (Å²) >= 11 is 0. The lowest BCUT2D eigenvalue weighted by Gasteiger charge is -2.32. The maximum Gasteiger partial charge on any atom is 0.326 e. The molecule has 8 nitrogen and oxygen atoms in total. The maximum atomic E-state index is 12.4. The Morgan fingerprint density at radius 2 is 2.04 bits per heavy atom. The Hall–Kier alpha value is -2.38. The van der Waals surface area contributed by atoms with Crippen LogP contribution in [0.3, 0.4) is 0 Å². The summed E-state index contributed by atoms with van der Waals surface area (Å²) in [5, 5.41) is 0. The Kier molecular flexibility index (Phi) is 5.36. The largest absolute Gasteiger partial charge is 0.349 e. The van der Waals surface area contributed by atoms with Crippen LogP contribution in [-0.4, -0.2) is 58.8 Å². The summed E-state index contributed by atoms with van der Waals surface area (Å²) in [5.74, 6) is -0.0190. The number of rotatable bonds is 4. The minimum atomic E-state index is -0.689. The second-order valence-corrected chi connectivity index (χ2v) is 6.09. The molecular formula is C15H22N4O4. The molecular weight excluding hydrogens is 300 g/mol. The first-order chi connectivity index (χ1) is 10.9. The van der Waals surface area contributed by atoms with Gasteiger partial charge in [-0.3, -0.25) is 19.4 Å². The van der Waals surface area contributed by atoms with Gasteiger partial charge in [-0.25, -0.2) is 4.79 Å². The van der Waals surface area contributed by atoms with Crippen molar-refractivity contribution in [2.45, 2.75) is 25.7 Å². The average Bonchev–Trinajstić information content (AvgIpc) is 2.51. The van der Waals surface area contributed by atoms with Gasteiger partial charge in [0.25, 0.3) is 11.5 Å². The van der Waals surface area contributed by atoms with Gasteiger partial charge in [0, 0.05) is 39.7 Å². The fourth-order valence-corrected chi connectivity index (χ4v) is 2.79. The van der Waals surface area contributed by atoms with Gasteiger partial charge in [-0.15, -0.1) is 0 Å². The van der Waals surface area contributed by atoms with Crippen molar-refractivity contribution >= 4 is 11.8 Å². The molecule has 2 amide bonds. The molecule has 0 aliphatic carbocycles. The smallest absolute Gasteiger partial charge is 0.326 e. The zero-order valence-electron chi connectivity index (χ0n) is 13.4. The number of likely N-dealkylation sites (tertiary alicyclic amines) is 1. The van der Waals surface area contributed by atoms with E-state index >= 15 is 0 Å². The van der Waals surface area contributed by atoms with Crippen LogP contribution in [0, 0.1) is 5.92 Å². The number of nitrogens with zero attached hydrogens (tertiary/aromatic N) is 2. The Bertz CT molecular complexity index is 663. The number of hydrogen-bond acceptors (Lipinski definition) is 4. The molecule has 126 valence electrons. The number of aromatic amines is 2. The van der Waals surface area contributed by atoms with Gasteiger partial charge in [0.1, 0.15) is 5.69 Å². The fourth-order valence-electron chi connectivity index (χ4n) is 2.79. The number of carbonyl (C=O) groups is 2. The molecule has 8 heteroatoms. The van der Waals surface area contributed by atoms with E-state index in [-0.39, 0.29) is 23.4 Å². The van der Waals surface area contributed by atoms with Gasteiger partial charge >= 0.3 is 5.69 Å². The predicted octanol–water partition coefficient (Wildman–Crippen LogP) is -0.216. The van der Waals surface area contributed by atoms with Gasteiger partial charge in [0.2, 0.25) is 5.91 Å². The van der Waals surface area contributed by atoms with Gasteiger partial charge in [-0.2, -0.15) is 0 Å². The first-order valence-electron chi connectivity index (χ1n) is 7.70. The molecule has 1 fully saturated rings. The highest BCUT2D eigenvalue weighted by Gasteiger charge is 2.25. The van der Waals surface area contributed by atoms with Crippen LogP contribution < -0.4 is 11.2 Å². The Morgan fingerprint density at radius 1 is 1.30 bits per heavy atom. The van der Waals surface area contributed by atoms with Crippen LogP contribution in [0.1, 0.15) is 36.2 Å². The van der Waals surface area contributed by atoms with Crippen molar-refractivity contribution in [3.63, 3.8) is 0 Å². The monoisotopic (exact) mass is 322 g/mol. The zero-order chi connectivity index (χ0) is 17.0. The van der Waals surface area contributed by atoms with Crippen LogP contribution in [0.2, 0.25) is 0 Å². The highest BCUT2D eigenvalue weighted by Crippen LogP contribution is 2.22. The lowest BCUT2D eigenvalue weighted by molar-refractivity contribution is -0.129. The molecule has 1 aliphatic heterocycles. The lowest BCUT2D eigenvalue weighted by Crippen LogP contribution is -2.41. The maximum absolute atomic E-state index is 12.4. The van der Waals surface area contributed by atoms with Crippen LogP contribution >= 0.6 is 0 Å². The molecule has 0 spiro atoms. The molecule has 2 heterocycles. The summed E-state index contributed by atoms with van der Waals surface area (Å²) in [6.07, 6.45) is 3.00. The average molecular weight is 322 g/mol. The molecule has 1 saturated heterocycles. The Morgan fingerprint density at radius 3 is 2.70 bits per heavy atom. The SMILES string of the molecule is CN(C)C(=O)CC[C@@H]1CCCN(C(=O)c2cc(=O)[nH]c(=O)[nH]2)C1. The molecule has 1 aromatic rings. The molecule has 0 unspecified atom stereocenters. The third-order valence-electron chi connectivity index (χ3n) is 4.06. The molecule has 0 bridgehead atoms. The van der Waals surface area contributed by atoms with Crippen LogP contribution in [-0.2, 0) is 4.79 Å². The van der Waals surface area contributed by atoms with Crippen molar-refractivity contribution in [1.29, 1.82) is 0 Å². The molecule has 0 saturated carbocycles. The summed E-state index contributed by atoms with van der Waals surface area (Å²) < 4.78 is 0. The van der Waals surface area contributed by atoms with Crippen molar-refractivity contribution < 1.29 is 9.59 Å². The quantitative estimate of drug-likeness (QED) is 0.799. The van der Waals surface area contributed by atoms with E-state index in [1.165, 1.54) is 0 Å². The predicted molar refractivity (Wildman–Crippen MR) is 84.2 cm³/mol. The molecule has 23 heavy (non-hydrogen) atoms. The van der Waals surface area contributed by atoms with Crippen molar-refractivity contribution in [3.8, 4) is 0 Å². The number of aromatic nitrogens is 2.